The van der Waals surface area contributed by atoms with Gasteiger partial charge in [0.2, 0.25) is 0 Å². The summed E-state index contributed by atoms with van der Waals surface area (Å²) in [6.07, 6.45) is -2.26. The number of hydrogen-bond acceptors (Lipinski definition) is 5. The second-order valence-corrected chi connectivity index (χ2v) is 8.54. The van der Waals surface area contributed by atoms with Gasteiger partial charge in [0.1, 0.15) is 12.0 Å². The van der Waals surface area contributed by atoms with Crippen molar-refractivity contribution in [2.24, 2.45) is 0 Å². The summed E-state index contributed by atoms with van der Waals surface area (Å²) in [5.74, 6) is -0.678. The SMILES string of the molecule is CC(C)(C)c1cc(C(=O)N2CCCC(c3cc(C(F)(F)F)n4ncnc4n3)C2)n[nH]1. The fourth-order valence-corrected chi connectivity index (χ4v) is 3.62. The van der Waals surface area contributed by atoms with Gasteiger partial charge in [-0.2, -0.15) is 32.9 Å². The number of carbonyl (C=O) groups is 1. The number of halogens is 3. The molecule has 1 N–H and O–H groups in total. The van der Waals surface area contributed by atoms with E-state index in [4.69, 9.17) is 0 Å². The van der Waals surface area contributed by atoms with Crippen molar-refractivity contribution in [3.05, 3.63) is 41.2 Å². The molecule has 1 aliphatic rings. The van der Waals surface area contributed by atoms with Crippen molar-refractivity contribution in [2.75, 3.05) is 13.1 Å². The van der Waals surface area contributed by atoms with E-state index in [0.29, 0.717) is 29.6 Å². The van der Waals surface area contributed by atoms with Gasteiger partial charge in [-0.25, -0.2) is 4.98 Å². The predicted molar refractivity (Wildman–Crippen MR) is 101 cm³/mol. The quantitative estimate of drug-likeness (QED) is 0.686. The third kappa shape index (κ3) is 3.75. The first kappa shape index (κ1) is 20.3. The Kier molecular flexibility index (Phi) is 4.78. The Morgan fingerprint density at radius 1 is 1.23 bits per heavy atom. The van der Waals surface area contributed by atoms with Crippen LogP contribution in [-0.4, -0.2) is 53.7 Å². The molecule has 1 unspecified atom stereocenters. The van der Waals surface area contributed by atoms with Crippen molar-refractivity contribution in [3.63, 3.8) is 0 Å². The minimum absolute atomic E-state index is 0.106. The highest BCUT2D eigenvalue weighted by Crippen LogP contribution is 2.33. The highest BCUT2D eigenvalue weighted by atomic mass is 19.4. The van der Waals surface area contributed by atoms with Crippen LogP contribution in [0.15, 0.2) is 18.5 Å². The molecule has 8 nitrogen and oxygen atoms in total. The molecule has 160 valence electrons. The number of amides is 1. The number of nitrogens with one attached hydrogen (secondary N) is 1. The predicted octanol–water partition coefficient (Wildman–Crippen LogP) is 3.18. The largest absolute Gasteiger partial charge is 0.433 e. The standard InChI is InChI=1S/C19H22F3N7O/c1-18(2,3)14-7-13(26-27-14)16(30)28-6-4-5-11(9-28)12-8-15(19(20,21)22)29-17(25-12)23-10-24-29/h7-8,10-11H,4-6,9H2,1-3H3,(H,26,27). The number of rotatable bonds is 2. The lowest BCUT2D eigenvalue weighted by molar-refractivity contribution is -0.142. The van der Waals surface area contributed by atoms with Crippen LogP contribution in [0.1, 0.15) is 67.1 Å². The topological polar surface area (TPSA) is 92.1 Å². The molecule has 1 saturated heterocycles. The molecule has 0 aromatic carbocycles. The zero-order valence-corrected chi connectivity index (χ0v) is 16.9. The van der Waals surface area contributed by atoms with Crippen LogP contribution in [0.5, 0.6) is 0 Å². The molecule has 0 saturated carbocycles. The Morgan fingerprint density at radius 3 is 2.67 bits per heavy atom. The summed E-state index contributed by atoms with van der Waals surface area (Å²) in [4.78, 5) is 22.6. The average molecular weight is 421 g/mol. The Morgan fingerprint density at radius 2 is 2.00 bits per heavy atom. The third-order valence-electron chi connectivity index (χ3n) is 5.29. The zero-order chi connectivity index (χ0) is 21.7. The summed E-state index contributed by atoms with van der Waals surface area (Å²) < 4.78 is 41.1. The second-order valence-electron chi connectivity index (χ2n) is 8.54. The summed E-state index contributed by atoms with van der Waals surface area (Å²) in [5.41, 5.74) is 0.301. The average Bonchev–Trinajstić information content (AvgIpc) is 3.35. The van der Waals surface area contributed by atoms with Gasteiger partial charge in [-0.3, -0.25) is 9.89 Å². The van der Waals surface area contributed by atoms with Crippen LogP contribution >= 0.6 is 0 Å². The van der Waals surface area contributed by atoms with Crippen molar-refractivity contribution in [2.45, 2.75) is 51.1 Å². The van der Waals surface area contributed by atoms with Crippen LogP contribution in [-0.2, 0) is 11.6 Å². The summed E-state index contributed by atoms with van der Waals surface area (Å²) in [6.45, 7) is 6.82. The van der Waals surface area contributed by atoms with Crippen molar-refractivity contribution < 1.29 is 18.0 Å². The van der Waals surface area contributed by atoms with E-state index < -0.39 is 11.9 Å². The minimum Gasteiger partial charge on any atom is -0.337 e. The van der Waals surface area contributed by atoms with Crippen molar-refractivity contribution in [3.8, 4) is 0 Å². The molecule has 4 rings (SSSR count). The van der Waals surface area contributed by atoms with E-state index in [9.17, 15) is 18.0 Å². The van der Waals surface area contributed by atoms with E-state index in [-0.39, 0.29) is 35.3 Å². The lowest BCUT2D eigenvalue weighted by Gasteiger charge is -2.32. The molecule has 0 spiro atoms. The van der Waals surface area contributed by atoms with Crippen LogP contribution in [0, 0.1) is 0 Å². The van der Waals surface area contributed by atoms with Crippen molar-refractivity contribution in [1.82, 2.24) is 34.7 Å². The lowest BCUT2D eigenvalue weighted by atomic mass is 9.92. The van der Waals surface area contributed by atoms with Crippen LogP contribution in [0.3, 0.4) is 0 Å². The Hall–Kier alpha value is -2.98. The molecule has 30 heavy (non-hydrogen) atoms. The highest BCUT2D eigenvalue weighted by molar-refractivity contribution is 5.92. The normalized spacial score (nSPS) is 18.2. The summed E-state index contributed by atoms with van der Waals surface area (Å²) in [5, 5.41) is 10.7. The Balaban J connectivity index is 1.60. The first-order valence-electron chi connectivity index (χ1n) is 9.67. The van der Waals surface area contributed by atoms with Gasteiger partial charge in [-0.05, 0) is 25.0 Å². The van der Waals surface area contributed by atoms with E-state index in [1.54, 1.807) is 11.0 Å². The molecular weight excluding hydrogens is 399 g/mol. The monoisotopic (exact) mass is 421 g/mol. The number of hydrogen-bond donors (Lipinski definition) is 1. The lowest BCUT2D eigenvalue weighted by Crippen LogP contribution is -2.39. The number of fused-ring (bicyclic) bond motifs is 1. The van der Waals surface area contributed by atoms with Crippen molar-refractivity contribution in [1.29, 1.82) is 0 Å². The fraction of sp³-hybridized carbons (Fsp3) is 0.526. The molecule has 4 heterocycles. The number of aromatic nitrogens is 6. The van der Waals surface area contributed by atoms with Crippen LogP contribution in [0.4, 0.5) is 13.2 Å². The summed E-state index contributed by atoms with van der Waals surface area (Å²) in [7, 11) is 0. The maximum Gasteiger partial charge on any atom is 0.433 e. The molecule has 1 aliphatic heterocycles. The molecule has 11 heteroatoms. The second kappa shape index (κ2) is 7.06. The molecule has 0 aliphatic carbocycles. The number of carbonyl (C=O) groups excluding carboxylic acids is 1. The molecule has 0 bridgehead atoms. The summed E-state index contributed by atoms with van der Waals surface area (Å²) in [6, 6.07) is 2.74. The highest BCUT2D eigenvalue weighted by Gasteiger charge is 2.37. The van der Waals surface area contributed by atoms with Gasteiger partial charge in [0.25, 0.3) is 11.7 Å². The molecular formula is C19H22F3N7O. The Labute approximate surface area is 170 Å². The molecule has 3 aromatic rings. The number of H-pyrrole nitrogens is 1. The van der Waals surface area contributed by atoms with E-state index in [2.05, 4.69) is 25.3 Å². The molecule has 1 fully saturated rings. The smallest absolute Gasteiger partial charge is 0.337 e. The third-order valence-corrected chi connectivity index (χ3v) is 5.29. The van der Waals surface area contributed by atoms with Gasteiger partial charge in [0.05, 0.1) is 5.69 Å². The molecule has 0 radical (unpaired) electrons. The first-order chi connectivity index (χ1) is 14.0. The fourth-order valence-electron chi connectivity index (χ4n) is 3.62. The molecule has 1 amide bonds. The number of likely N-dealkylation sites (tertiary alicyclic amines) is 1. The molecule has 3 aromatic heterocycles. The van der Waals surface area contributed by atoms with Crippen LogP contribution in [0.2, 0.25) is 0 Å². The van der Waals surface area contributed by atoms with E-state index in [0.717, 1.165) is 18.1 Å². The number of alkyl halides is 3. The maximum atomic E-state index is 13.5. The first-order valence-corrected chi connectivity index (χ1v) is 9.67. The van der Waals surface area contributed by atoms with E-state index in [1.807, 2.05) is 20.8 Å². The molecule has 1 atom stereocenters. The van der Waals surface area contributed by atoms with Gasteiger partial charge in [0, 0.05) is 30.1 Å². The van der Waals surface area contributed by atoms with Crippen LogP contribution < -0.4 is 0 Å². The van der Waals surface area contributed by atoms with Gasteiger partial charge in [-0.1, -0.05) is 20.8 Å². The minimum atomic E-state index is -4.59. The van der Waals surface area contributed by atoms with Crippen molar-refractivity contribution >= 4 is 11.7 Å². The van der Waals surface area contributed by atoms with E-state index in [1.165, 1.54) is 0 Å². The number of aromatic amines is 1. The number of piperidine rings is 1. The zero-order valence-electron chi connectivity index (χ0n) is 16.9. The van der Waals surface area contributed by atoms with E-state index >= 15 is 0 Å². The van der Waals surface area contributed by atoms with Gasteiger partial charge < -0.3 is 4.90 Å². The van der Waals surface area contributed by atoms with Gasteiger partial charge >= 0.3 is 6.18 Å². The summed E-state index contributed by atoms with van der Waals surface area (Å²) >= 11 is 0. The van der Waals surface area contributed by atoms with Crippen LogP contribution in [0.25, 0.3) is 5.78 Å². The Bertz CT molecular complexity index is 1080. The van der Waals surface area contributed by atoms with Gasteiger partial charge in [0.15, 0.2) is 5.69 Å². The van der Waals surface area contributed by atoms with Gasteiger partial charge in [-0.15, -0.1) is 0 Å². The number of nitrogens with zero attached hydrogens (tertiary/aromatic N) is 6. The maximum absolute atomic E-state index is 13.5.